The van der Waals surface area contributed by atoms with Crippen molar-refractivity contribution in [2.75, 3.05) is 14.2 Å². The molecule has 0 aliphatic rings. The molecule has 0 radical (unpaired) electrons. The van der Waals surface area contributed by atoms with E-state index in [-0.39, 0.29) is 23.0 Å². The summed E-state index contributed by atoms with van der Waals surface area (Å²) in [6.45, 7) is 3.16. The average Bonchev–Trinajstić information content (AvgIpc) is 2.98. The van der Waals surface area contributed by atoms with Crippen molar-refractivity contribution < 1.29 is 19.3 Å². The Labute approximate surface area is 138 Å². The van der Waals surface area contributed by atoms with Gasteiger partial charge in [0.05, 0.1) is 0 Å². The lowest BCUT2D eigenvalue weighted by Gasteiger charge is -1.92. The van der Waals surface area contributed by atoms with Gasteiger partial charge in [-0.2, -0.15) is 0 Å². The molecule has 0 aromatic carbocycles. The zero-order valence-electron chi connectivity index (χ0n) is 13.4. The summed E-state index contributed by atoms with van der Waals surface area (Å²) in [5.41, 5.74) is 0.554. The molecule has 0 bridgehead atoms. The number of nitrogens with zero attached hydrogens (tertiary/aromatic N) is 2. The highest BCUT2D eigenvalue weighted by Crippen LogP contribution is 2.19. The molecule has 0 saturated carbocycles. The molecule has 7 heteroatoms. The number of hydrogen-bond donors (Lipinski definition) is 0. The highest BCUT2D eigenvalue weighted by atomic mass is 32.1. The molecular weight excluding hydrogens is 316 g/mol. The zero-order valence-corrected chi connectivity index (χ0v) is 14.2. The van der Waals surface area contributed by atoms with Gasteiger partial charge in [-0.15, -0.1) is 11.3 Å². The Bertz CT molecular complexity index is 628. The highest BCUT2D eigenvalue weighted by molar-refractivity contribution is 7.13. The minimum Gasteiger partial charge on any atom is -0.399 e. The molecule has 1 aromatic rings. The van der Waals surface area contributed by atoms with E-state index in [1.165, 1.54) is 37.7 Å². The maximum absolute atomic E-state index is 11.7. The Kier molecular flexibility index (Phi) is 7.62. The molecule has 0 N–H and O–H groups in total. The quantitative estimate of drug-likeness (QED) is 0.416. The smallest absolute Gasteiger partial charge is 0.203 e. The van der Waals surface area contributed by atoms with E-state index in [9.17, 15) is 9.59 Å². The average molecular weight is 334 g/mol. The van der Waals surface area contributed by atoms with E-state index in [1.807, 2.05) is 12.1 Å². The van der Waals surface area contributed by atoms with Crippen LogP contribution in [0.3, 0.4) is 0 Å². The highest BCUT2D eigenvalue weighted by Gasteiger charge is 2.04. The van der Waals surface area contributed by atoms with Gasteiger partial charge in [0.15, 0.2) is 0 Å². The standard InChI is InChI=1S/C16H18N2O4S/c1-11(17-21-3)15(19)9-7-13-5-6-14(23-13)8-10-16(20)12(2)18-22-4/h5-10H,1-4H3/b9-7+,10-8+,17-11+,18-12+. The van der Waals surface area contributed by atoms with Gasteiger partial charge in [-0.25, -0.2) is 0 Å². The molecule has 0 aliphatic carbocycles. The Hall–Kier alpha value is -2.54. The minimum absolute atomic E-state index is 0.223. The van der Waals surface area contributed by atoms with Gasteiger partial charge in [0.1, 0.15) is 25.6 Å². The number of oxime groups is 2. The monoisotopic (exact) mass is 334 g/mol. The molecule has 122 valence electrons. The van der Waals surface area contributed by atoms with Crippen molar-refractivity contribution in [1.82, 2.24) is 0 Å². The van der Waals surface area contributed by atoms with Crippen molar-refractivity contribution in [3.05, 3.63) is 34.0 Å². The van der Waals surface area contributed by atoms with E-state index < -0.39 is 0 Å². The Morgan fingerprint density at radius 1 is 0.913 bits per heavy atom. The lowest BCUT2D eigenvalue weighted by Crippen LogP contribution is -2.06. The molecule has 0 unspecified atom stereocenters. The van der Waals surface area contributed by atoms with E-state index in [2.05, 4.69) is 20.0 Å². The van der Waals surface area contributed by atoms with Gasteiger partial charge in [0.2, 0.25) is 11.6 Å². The molecule has 0 amide bonds. The summed E-state index contributed by atoms with van der Waals surface area (Å²) in [6.07, 6.45) is 6.24. The molecule has 0 fully saturated rings. The van der Waals surface area contributed by atoms with Crippen LogP contribution in [0.15, 0.2) is 34.6 Å². The van der Waals surface area contributed by atoms with E-state index in [1.54, 1.807) is 26.0 Å². The normalized spacial score (nSPS) is 12.9. The number of allylic oxidation sites excluding steroid dienone is 2. The SMILES string of the molecule is CO/N=C(\C)C(=O)/C=C/c1ccc(/C=C/C(=O)/C(C)=N/OC)s1. The fourth-order valence-corrected chi connectivity index (χ4v) is 2.28. The lowest BCUT2D eigenvalue weighted by molar-refractivity contribution is -0.109. The fraction of sp³-hybridized carbons (Fsp3) is 0.250. The van der Waals surface area contributed by atoms with E-state index in [4.69, 9.17) is 0 Å². The summed E-state index contributed by atoms with van der Waals surface area (Å²) >= 11 is 1.45. The molecule has 6 nitrogen and oxygen atoms in total. The molecule has 0 saturated heterocycles. The molecule has 0 atom stereocenters. The van der Waals surface area contributed by atoms with Crippen LogP contribution in [0.2, 0.25) is 0 Å². The predicted octanol–water partition coefficient (Wildman–Crippen LogP) is 2.96. The minimum atomic E-state index is -0.223. The van der Waals surface area contributed by atoms with Crippen molar-refractivity contribution in [1.29, 1.82) is 0 Å². The second-order valence-corrected chi connectivity index (χ2v) is 5.50. The largest absolute Gasteiger partial charge is 0.399 e. The topological polar surface area (TPSA) is 77.3 Å². The summed E-state index contributed by atoms with van der Waals surface area (Å²) in [5.74, 6) is -0.446. The molecule has 0 aliphatic heterocycles. The third-order valence-corrected chi connectivity index (χ3v) is 3.63. The van der Waals surface area contributed by atoms with Crippen LogP contribution in [0.4, 0.5) is 0 Å². The second-order valence-electron chi connectivity index (χ2n) is 4.35. The third-order valence-electron chi connectivity index (χ3n) is 2.62. The van der Waals surface area contributed by atoms with Crippen molar-refractivity contribution >= 4 is 46.5 Å². The fourth-order valence-electron chi connectivity index (χ4n) is 1.47. The van der Waals surface area contributed by atoms with Crippen LogP contribution in [0.5, 0.6) is 0 Å². The van der Waals surface area contributed by atoms with Gasteiger partial charge in [-0.05, 0) is 50.3 Å². The van der Waals surface area contributed by atoms with Crippen molar-refractivity contribution in [3.8, 4) is 0 Å². The second kappa shape index (κ2) is 9.47. The molecule has 1 aromatic heterocycles. The molecule has 1 heterocycles. The number of carbonyl (C=O) groups is 2. The summed E-state index contributed by atoms with van der Waals surface area (Å²) in [4.78, 5) is 34.2. The van der Waals surface area contributed by atoms with Crippen molar-refractivity contribution in [2.24, 2.45) is 10.3 Å². The number of hydrogen-bond acceptors (Lipinski definition) is 7. The zero-order chi connectivity index (χ0) is 17.2. The number of rotatable bonds is 8. The lowest BCUT2D eigenvalue weighted by atomic mass is 10.2. The third kappa shape index (κ3) is 6.39. The van der Waals surface area contributed by atoms with Gasteiger partial charge in [0, 0.05) is 9.75 Å². The van der Waals surface area contributed by atoms with Crippen LogP contribution in [-0.2, 0) is 19.3 Å². The van der Waals surface area contributed by atoms with E-state index >= 15 is 0 Å². The van der Waals surface area contributed by atoms with Crippen LogP contribution in [-0.4, -0.2) is 37.2 Å². The number of ketones is 2. The first kappa shape index (κ1) is 18.5. The summed E-state index contributed by atoms with van der Waals surface area (Å²) < 4.78 is 0. The number of thiophene rings is 1. The van der Waals surface area contributed by atoms with Crippen LogP contribution in [0.1, 0.15) is 23.6 Å². The van der Waals surface area contributed by atoms with Crippen LogP contribution in [0, 0.1) is 0 Å². The predicted molar refractivity (Wildman–Crippen MR) is 92.6 cm³/mol. The van der Waals surface area contributed by atoms with Crippen LogP contribution in [0.25, 0.3) is 12.2 Å². The molecule has 1 rings (SSSR count). The first-order valence-electron chi connectivity index (χ1n) is 6.68. The van der Waals surface area contributed by atoms with Gasteiger partial charge < -0.3 is 9.68 Å². The van der Waals surface area contributed by atoms with Gasteiger partial charge >= 0.3 is 0 Å². The van der Waals surface area contributed by atoms with Gasteiger partial charge in [-0.3, -0.25) is 9.59 Å². The van der Waals surface area contributed by atoms with E-state index in [0.29, 0.717) is 0 Å². The molecular formula is C16H18N2O4S. The first-order valence-corrected chi connectivity index (χ1v) is 7.49. The maximum atomic E-state index is 11.7. The Morgan fingerprint density at radius 2 is 1.30 bits per heavy atom. The molecule has 23 heavy (non-hydrogen) atoms. The van der Waals surface area contributed by atoms with Gasteiger partial charge in [-0.1, -0.05) is 10.3 Å². The summed E-state index contributed by atoms with van der Waals surface area (Å²) in [6, 6.07) is 3.72. The maximum Gasteiger partial charge on any atom is 0.203 e. The van der Waals surface area contributed by atoms with Crippen molar-refractivity contribution in [3.63, 3.8) is 0 Å². The first-order chi connectivity index (χ1) is 11.0. The molecule has 0 spiro atoms. The Balaban J connectivity index is 2.72. The summed E-state index contributed by atoms with van der Waals surface area (Å²) in [5, 5.41) is 7.14. The van der Waals surface area contributed by atoms with Crippen LogP contribution < -0.4 is 0 Å². The van der Waals surface area contributed by atoms with Gasteiger partial charge in [0.25, 0.3) is 0 Å². The Morgan fingerprint density at radius 3 is 1.65 bits per heavy atom. The number of carbonyl (C=O) groups excluding carboxylic acids is 2. The summed E-state index contributed by atoms with van der Waals surface area (Å²) in [7, 11) is 2.78. The van der Waals surface area contributed by atoms with E-state index in [0.717, 1.165) is 9.75 Å². The van der Waals surface area contributed by atoms with Crippen molar-refractivity contribution in [2.45, 2.75) is 13.8 Å². The van der Waals surface area contributed by atoms with Crippen LogP contribution >= 0.6 is 11.3 Å².